The lowest BCUT2D eigenvalue weighted by molar-refractivity contribution is -0.146. The number of amides is 1. The summed E-state index contributed by atoms with van der Waals surface area (Å²) in [7, 11) is 0. The maximum absolute atomic E-state index is 11.7. The molecule has 2 aromatic rings. The summed E-state index contributed by atoms with van der Waals surface area (Å²) in [5.41, 5.74) is 0.736. The lowest BCUT2D eigenvalue weighted by Crippen LogP contribution is -2.36. The molecule has 1 N–H and O–H groups in total. The van der Waals surface area contributed by atoms with Gasteiger partial charge in [0.25, 0.3) is 11.1 Å². The van der Waals surface area contributed by atoms with E-state index in [0.29, 0.717) is 10.9 Å². The standard InChI is InChI=1S/C17H18ClN3O4S/c18-12-7-5-11(6-8-12)16-20-21-17(25-16)26-10-15(23)24-9-14(22)19-13-3-1-2-4-13/h5-8,13H,1-4,9-10H2,(H,19,22). The van der Waals surface area contributed by atoms with Gasteiger partial charge in [0.05, 0.1) is 0 Å². The van der Waals surface area contributed by atoms with Crippen LogP contribution in [-0.2, 0) is 14.3 Å². The molecule has 0 radical (unpaired) electrons. The zero-order valence-electron chi connectivity index (χ0n) is 13.9. The van der Waals surface area contributed by atoms with E-state index in [1.165, 1.54) is 0 Å². The summed E-state index contributed by atoms with van der Waals surface area (Å²) in [6, 6.07) is 7.19. The Hall–Kier alpha value is -2.06. The first-order valence-corrected chi connectivity index (χ1v) is 9.64. The summed E-state index contributed by atoms with van der Waals surface area (Å²) >= 11 is 6.90. The Balaban J connectivity index is 1.40. The fraction of sp³-hybridized carbons (Fsp3) is 0.412. The van der Waals surface area contributed by atoms with Crippen molar-refractivity contribution < 1.29 is 18.7 Å². The molecule has 138 valence electrons. The smallest absolute Gasteiger partial charge is 0.316 e. The molecular formula is C17H18ClN3O4S. The fourth-order valence-corrected chi connectivity index (χ4v) is 3.31. The molecule has 0 spiro atoms. The molecule has 9 heteroatoms. The number of carbonyl (C=O) groups is 2. The average molecular weight is 396 g/mol. The van der Waals surface area contributed by atoms with Crippen LogP contribution in [0, 0.1) is 0 Å². The predicted octanol–water partition coefficient (Wildman–Crippen LogP) is 3.08. The van der Waals surface area contributed by atoms with Crippen molar-refractivity contribution in [3.8, 4) is 11.5 Å². The quantitative estimate of drug-likeness (QED) is 0.568. The number of benzene rings is 1. The van der Waals surface area contributed by atoms with Crippen LogP contribution in [-0.4, -0.2) is 40.5 Å². The second kappa shape index (κ2) is 9.05. The first-order chi connectivity index (χ1) is 12.6. The minimum atomic E-state index is -0.511. The van der Waals surface area contributed by atoms with E-state index in [9.17, 15) is 9.59 Å². The van der Waals surface area contributed by atoms with Crippen molar-refractivity contribution in [1.82, 2.24) is 15.5 Å². The van der Waals surface area contributed by atoms with Gasteiger partial charge in [-0.3, -0.25) is 9.59 Å². The van der Waals surface area contributed by atoms with E-state index in [1.54, 1.807) is 24.3 Å². The predicted molar refractivity (Wildman–Crippen MR) is 96.8 cm³/mol. The van der Waals surface area contributed by atoms with Crippen LogP contribution in [0.2, 0.25) is 5.02 Å². The molecule has 7 nitrogen and oxygen atoms in total. The highest BCUT2D eigenvalue weighted by Crippen LogP contribution is 2.24. The number of hydrogen-bond acceptors (Lipinski definition) is 7. The maximum atomic E-state index is 11.7. The number of aromatic nitrogens is 2. The van der Waals surface area contributed by atoms with Crippen LogP contribution in [0.1, 0.15) is 25.7 Å². The molecule has 0 saturated heterocycles. The SMILES string of the molecule is O=C(COC(=O)CSc1nnc(-c2ccc(Cl)cc2)o1)NC1CCCC1. The summed E-state index contributed by atoms with van der Waals surface area (Å²) in [6.45, 7) is -0.268. The van der Waals surface area contributed by atoms with Gasteiger partial charge in [0.15, 0.2) is 6.61 Å². The Morgan fingerprint density at radius 2 is 1.96 bits per heavy atom. The third-order valence-corrected chi connectivity index (χ3v) is 4.94. The third-order valence-electron chi connectivity index (χ3n) is 3.90. The number of thioether (sulfide) groups is 1. The molecule has 1 aliphatic carbocycles. The van der Waals surface area contributed by atoms with Crippen molar-refractivity contribution in [2.75, 3.05) is 12.4 Å². The molecule has 0 aliphatic heterocycles. The highest BCUT2D eigenvalue weighted by Gasteiger charge is 2.18. The summed E-state index contributed by atoms with van der Waals surface area (Å²) in [4.78, 5) is 23.5. The van der Waals surface area contributed by atoms with Crippen LogP contribution < -0.4 is 5.32 Å². The van der Waals surface area contributed by atoms with Gasteiger partial charge >= 0.3 is 5.97 Å². The van der Waals surface area contributed by atoms with E-state index in [2.05, 4.69) is 15.5 Å². The van der Waals surface area contributed by atoms with Gasteiger partial charge in [-0.1, -0.05) is 36.2 Å². The van der Waals surface area contributed by atoms with Gasteiger partial charge in [-0.05, 0) is 37.1 Å². The minimum absolute atomic E-state index is 0.0149. The van der Waals surface area contributed by atoms with Crippen LogP contribution in [0.15, 0.2) is 33.9 Å². The molecule has 1 saturated carbocycles. The van der Waals surface area contributed by atoms with E-state index < -0.39 is 5.97 Å². The van der Waals surface area contributed by atoms with E-state index in [4.69, 9.17) is 20.8 Å². The second-order valence-electron chi connectivity index (χ2n) is 5.88. The third kappa shape index (κ3) is 5.47. The molecule has 1 aromatic heterocycles. The molecule has 3 rings (SSSR count). The van der Waals surface area contributed by atoms with E-state index in [1.807, 2.05) is 0 Å². The van der Waals surface area contributed by atoms with Gasteiger partial charge in [-0.15, -0.1) is 10.2 Å². The van der Waals surface area contributed by atoms with Crippen LogP contribution in [0.5, 0.6) is 0 Å². The van der Waals surface area contributed by atoms with E-state index in [-0.39, 0.29) is 29.5 Å². The Morgan fingerprint density at radius 1 is 1.23 bits per heavy atom. The summed E-state index contributed by atoms with van der Waals surface area (Å²) in [5.74, 6) is -0.451. The number of hydrogen-bond donors (Lipinski definition) is 1. The molecule has 1 heterocycles. The number of esters is 1. The number of ether oxygens (including phenoxy) is 1. The Bertz CT molecular complexity index is 760. The van der Waals surface area contributed by atoms with Gasteiger partial charge < -0.3 is 14.5 Å². The Kier molecular flexibility index (Phi) is 6.51. The molecular weight excluding hydrogens is 378 g/mol. The monoisotopic (exact) mass is 395 g/mol. The topological polar surface area (TPSA) is 94.3 Å². The second-order valence-corrected chi connectivity index (χ2v) is 7.24. The largest absolute Gasteiger partial charge is 0.455 e. The fourth-order valence-electron chi connectivity index (χ4n) is 2.63. The van der Waals surface area contributed by atoms with Gasteiger partial charge in [0.2, 0.25) is 5.89 Å². The van der Waals surface area contributed by atoms with Crippen molar-refractivity contribution in [3.63, 3.8) is 0 Å². The van der Waals surface area contributed by atoms with Crippen LogP contribution >= 0.6 is 23.4 Å². The van der Waals surface area contributed by atoms with E-state index in [0.717, 1.165) is 43.0 Å². The highest BCUT2D eigenvalue weighted by molar-refractivity contribution is 7.99. The summed E-state index contributed by atoms with van der Waals surface area (Å²) in [5, 5.41) is 11.5. The lowest BCUT2D eigenvalue weighted by Gasteiger charge is -2.11. The molecule has 0 bridgehead atoms. The van der Waals surface area contributed by atoms with Crippen molar-refractivity contribution in [2.24, 2.45) is 0 Å². The van der Waals surface area contributed by atoms with Crippen molar-refractivity contribution in [1.29, 1.82) is 0 Å². The molecule has 1 aromatic carbocycles. The van der Waals surface area contributed by atoms with Gasteiger partial charge in [-0.2, -0.15) is 0 Å². The van der Waals surface area contributed by atoms with Gasteiger partial charge in [-0.25, -0.2) is 0 Å². The molecule has 1 aliphatic rings. The van der Waals surface area contributed by atoms with Gasteiger partial charge in [0, 0.05) is 16.6 Å². The van der Waals surface area contributed by atoms with Crippen LogP contribution in [0.4, 0.5) is 0 Å². The van der Waals surface area contributed by atoms with Crippen LogP contribution in [0.3, 0.4) is 0 Å². The summed E-state index contributed by atoms with van der Waals surface area (Å²) < 4.78 is 10.4. The Morgan fingerprint density at radius 3 is 2.69 bits per heavy atom. The first-order valence-electron chi connectivity index (χ1n) is 8.27. The molecule has 1 amide bonds. The maximum Gasteiger partial charge on any atom is 0.316 e. The zero-order valence-corrected chi connectivity index (χ0v) is 15.5. The zero-order chi connectivity index (χ0) is 18.4. The average Bonchev–Trinajstić information content (AvgIpc) is 3.31. The molecule has 26 heavy (non-hydrogen) atoms. The number of nitrogens with zero attached hydrogens (tertiary/aromatic N) is 2. The Labute approximate surface area is 159 Å². The number of rotatable bonds is 7. The number of carbonyl (C=O) groups excluding carboxylic acids is 2. The van der Waals surface area contributed by atoms with E-state index >= 15 is 0 Å². The molecule has 0 unspecified atom stereocenters. The minimum Gasteiger partial charge on any atom is -0.455 e. The summed E-state index contributed by atoms with van der Waals surface area (Å²) in [6.07, 6.45) is 4.23. The molecule has 0 atom stereocenters. The molecule has 1 fully saturated rings. The first kappa shape index (κ1) is 18.7. The van der Waals surface area contributed by atoms with Crippen molar-refractivity contribution in [2.45, 2.75) is 36.9 Å². The normalized spacial score (nSPS) is 14.3. The number of nitrogens with one attached hydrogen (secondary N) is 1. The highest BCUT2D eigenvalue weighted by atomic mass is 35.5. The number of halogens is 1. The van der Waals surface area contributed by atoms with Crippen LogP contribution in [0.25, 0.3) is 11.5 Å². The van der Waals surface area contributed by atoms with Crippen molar-refractivity contribution in [3.05, 3.63) is 29.3 Å². The lowest BCUT2D eigenvalue weighted by atomic mass is 10.2. The van der Waals surface area contributed by atoms with Gasteiger partial charge in [0.1, 0.15) is 5.75 Å². The van der Waals surface area contributed by atoms with Crippen molar-refractivity contribution >= 4 is 35.2 Å².